The van der Waals surface area contributed by atoms with Crippen LogP contribution in [-0.2, 0) is 22.4 Å². The normalized spacial score (nSPS) is 18.9. The van der Waals surface area contributed by atoms with Crippen molar-refractivity contribution in [1.82, 2.24) is 9.21 Å². The molecule has 1 aliphatic heterocycles. The molecule has 0 radical (unpaired) electrons. The van der Waals surface area contributed by atoms with Crippen molar-refractivity contribution in [2.75, 3.05) is 33.2 Å². The number of rotatable bonds is 4. The molecule has 0 aromatic heterocycles. The van der Waals surface area contributed by atoms with E-state index >= 15 is 0 Å². The van der Waals surface area contributed by atoms with Crippen LogP contribution in [-0.4, -0.2) is 56.0 Å². The van der Waals surface area contributed by atoms with Crippen LogP contribution in [0.5, 0.6) is 0 Å². The Kier molecular flexibility index (Phi) is 5.15. The van der Waals surface area contributed by atoms with Gasteiger partial charge < -0.3 is 10.0 Å². The SMILES string of the molecule is CN1CCCN(S(=O)(=O)Cc2ccc(CO)cc2)CC1. The highest BCUT2D eigenvalue weighted by molar-refractivity contribution is 7.88. The van der Waals surface area contributed by atoms with Crippen LogP contribution in [0, 0.1) is 0 Å². The molecule has 112 valence electrons. The number of aliphatic hydroxyl groups is 1. The van der Waals surface area contributed by atoms with Gasteiger partial charge in [0, 0.05) is 19.6 Å². The monoisotopic (exact) mass is 298 g/mol. The Hall–Kier alpha value is -0.950. The third-order valence-electron chi connectivity index (χ3n) is 3.63. The van der Waals surface area contributed by atoms with E-state index < -0.39 is 10.0 Å². The van der Waals surface area contributed by atoms with Crippen molar-refractivity contribution in [2.45, 2.75) is 18.8 Å². The fourth-order valence-corrected chi connectivity index (χ4v) is 3.91. The van der Waals surface area contributed by atoms with Crippen LogP contribution in [0.25, 0.3) is 0 Å². The van der Waals surface area contributed by atoms with Crippen LogP contribution < -0.4 is 0 Å². The smallest absolute Gasteiger partial charge is 0.218 e. The van der Waals surface area contributed by atoms with Crippen molar-refractivity contribution in [3.8, 4) is 0 Å². The minimum Gasteiger partial charge on any atom is -0.392 e. The Morgan fingerprint density at radius 3 is 2.35 bits per heavy atom. The molecule has 0 atom stereocenters. The average Bonchev–Trinajstić information content (AvgIpc) is 2.64. The topological polar surface area (TPSA) is 60.9 Å². The van der Waals surface area contributed by atoms with Crippen LogP contribution in [0.2, 0.25) is 0 Å². The average molecular weight is 298 g/mol. The highest BCUT2D eigenvalue weighted by Crippen LogP contribution is 2.14. The summed E-state index contributed by atoms with van der Waals surface area (Å²) in [5, 5.41) is 8.99. The lowest BCUT2D eigenvalue weighted by molar-refractivity contribution is 0.282. The van der Waals surface area contributed by atoms with Gasteiger partial charge in [0.25, 0.3) is 0 Å². The van der Waals surface area contributed by atoms with Crippen molar-refractivity contribution in [2.24, 2.45) is 0 Å². The van der Waals surface area contributed by atoms with Gasteiger partial charge in [-0.25, -0.2) is 12.7 Å². The van der Waals surface area contributed by atoms with Gasteiger partial charge in [0.15, 0.2) is 0 Å². The predicted octanol–water partition coefficient (Wildman–Crippen LogP) is 0.646. The molecule has 0 aliphatic carbocycles. The second-order valence-corrected chi connectivity index (χ2v) is 7.26. The Bertz CT molecular complexity index is 528. The van der Waals surface area contributed by atoms with E-state index in [1.807, 2.05) is 7.05 Å². The second-order valence-electron chi connectivity index (χ2n) is 5.29. The van der Waals surface area contributed by atoms with Gasteiger partial charge in [-0.3, -0.25) is 0 Å². The van der Waals surface area contributed by atoms with Crippen LogP contribution in [0.4, 0.5) is 0 Å². The zero-order chi connectivity index (χ0) is 14.6. The van der Waals surface area contributed by atoms with Gasteiger partial charge in [0.1, 0.15) is 0 Å². The maximum atomic E-state index is 12.4. The summed E-state index contributed by atoms with van der Waals surface area (Å²) in [6, 6.07) is 7.07. The largest absolute Gasteiger partial charge is 0.392 e. The first-order chi connectivity index (χ1) is 9.51. The lowest BCUT2D eigenvalue weighted by Gasteiger charge is -2.20. The number of likely N-dealkylation sites (N-methyl/N-ethyl adjacent to an activating group) is 1. The molecular formula is C14H22N2O3S. The van der Waals surface area contributed by atoms with Gasteiger partial charge in [-0.15, -0.1) is 0 Å². The molecule has 1 saturated heterocycles. The third-order valence-corrected chi connectivity index (χ3v) is 5.48. The summed E-state index contributed by atoms with van der Waals surface area (Å²) in [6.07, 6.45) is 0.874. The number of hydrogen-bond acceptors (Lipinski definition) is 4. The predicted molar refractivity (Wildman–Crippen MR) is 78.7 cm³/mol. The van der Waals surface area contributed by atoms with Gasteiger partial charge in [0.05, 0.1) is 12.4 Å². The summed E-state index contributed by atoms with van der Waals surface area (Å²) >= 11 is 0. The molecule has 1 heterocycles. The Morgan fingerprint density at radius 2 is 1.70 bits per heavy atom. The highest BCUT2D eigenvalue weighted by Gasteiger charge is 2.24. The van der Waals surface area contributed by atoms with Gasteiger partial charge in [-0.05, 0) is 31.1 Å². The quantitative estimate of drug-likeness (QED) is 0.886. The molecule has 20 heavy (non-hydrogen) atoms. The van der Waals surface area contributed by atoms with Crippen LogP contribution in [0.3, 0.4) is 0 Å². The molecule has 6 heteroatoms. The molecule has 1 fully saturated rings. The Balaban J connectivity index is 2.05. The van der Waals surface area contributed by atoms with E-state index in [4.69, 9.17) is 5.11 Å². The van der Waals surface area contributed by atoms with E-state index in [1.165, 1.54) is 0 Å². The molecule has 1 aromatic rings. The van der Waals surface area contributed by atoms with Crippen molar-refractivity contribution in [1.29, 1.82) is 0 Å². The van der Waals surface area contributed by atoms with Gasteiger partial charge in [-0.1, -0.05) is 24.3 Å². The molecule has 0 spiro atoms. The summed E-state index contributed by atoms with van der Waals surface area (Å²) in [7, 11) is -1.24. The van der Waals surface area contributed by atoms with Crippen molar-refractivity contribution in [3.63, 3.8) is 0 Å². The standard InChI is InChI=1S/C14H22N2O3S/c1-15-7-2-8-16(10-9-15)20(18,19)12-14-5-3-13(11-17)4-6-14/h3-6,17H,2,7-12H2,1H3. The van der Waals surface area contributed by atoms with E-state index in [9.17, 15) is 8.42 Å². The fourth-order valence-electron chi connectivity index (χ4n) is 2.34. The zero-order valence-electron chi connectivity index (χ0n) is 11.8. The van der Waals surface area contributed by atoms with Gasteiger partial charge in [0.2, 0.25) is 10.0 Å². The summed E-state index contributed by atoms with van der Waals surface area (Å²) in [4.78, 5) is 2.16. The van der Waals surface area contributed by atoms with E-state index in [0.717, 1.165) is 30.6 Å². The van der Waals surface area contributed by atoms with E-state index in [1.54, 1.807) is 28.6 Å². The zero-order valence-corrected chi connectivity index (χ0v) is 12.6. The summed E-state index contributed by atoms with van der Waals surface area (Å²) in [5.74, 6) is 0.0302. The molecule has 0 unspecified atom stereocenters. The minimum absolute atomic E-state index is 0.0223. The first-order valence-electron chi connectivity index (χ1n) is 6.86. The van der Waals surface area contributed by atoms with Crippen molar-refractivity contribution >= 4 is 10.0 Å². The number of aliphatic hydroxyl groups excluding tert-OH is 1. The summed E-state index contributed by atoms with van der Waals surface area (Å²) < 4.78 is 26.4. The molecule has 1 N–H and O–H groups in total. The van der Waals surface area contributed by atoms with E-state index in [-0.39, 0.29) is 12.4 Å². The number of sulfonamides is 1. The van der Waals surface area contributed by atoms with Crippen molar-refractivity contribution < 1.29 is 13.5 Å². The number of hydrogen-bond donors (Lipinski definition) is 1. The van der Waals surface area contributed by atoms with Crippen LogP contribution in [0.15, 0.2) is 24.3 Å². The maximum absolute atomic E-state index is 12.4. The second kappa shape index (κ2) is 6.67. The first-order valence-corrected chi connectivity index (χ1v) is 8.47. The molecule has 1 aromatic carbocycles. The summed E-state index contributed by atoms with van der Waals surface area (Å²) in [6.45, 7) is 2.86. The molecule has 0 amide bonds. The lowest BCUT2D eigenvalue weighted by atomic mass is 10.2. The first kappa shape index (κ1) is 15.4. The lowest BCUT2D eigenvalue weighted by Crippen LogP contribution is -2.35. The Morgan fingerprint density at radius 1 is 1.05 bits per heavy atom. The van der Waals surface area contributed by atoms with Crippen LogP contribution in [0.1, 0.15) is 17.5 Å². The summed E-state index contributed by atoms with van der Waals surface area (Å²) in [5.41, 5.74) is 1.56. The molecule has 2 rings (SSSR count). The molecule has 0 saturated carbocycles. The molecule has 5 nitrogen and oxygen atoms in total. The maximum Gasteiger partial charge on any atom is 0.218 e. The van der Waals surface area contributed by atoms with E-state index in [2.05, 4.69) is 4.90 Å². The van der Waals surface area contributed by atoms with E-state index in [0.29, 0.717) is 13.1 Å². The van der Waals surface area contributed by atoms with Crippen molar-refractivity contribution in [3.05, 3.63) is 35.4 Å². The number of nitrogens with zero attached hydrogens (tertiary/aromatic N) is 2. The van der Waals surface area contributed by atoms with Gasteiger partial charge in [-0.2, -0.15) is 0 Å². The van der Waals surface area contributed by atoms with Crippen LogP contribution >= 0.6 is 0 Å². The fraction of sp³-hybridized carbons (Fsp3) is 0.571. The minimum atomic E-state index is -3.26. The van der Waals surface area contributed by atoms with Gasteiger partial charge >= 0.3 is 0 Å². The Labute approximate surface area is 120 Å². The highest BCUT2D eigenvalue weighted by atomic mass is 32.2. The third kappa shape index (κ3) is 4.02. The molecule has 0 bridgehead atoms. The number of benzene rings is 1. The molecular weight excluding hydrogens is 276 g/mol. The molecule has 1 aliphatic rings.